The number of methoxy groups -OCH3 is 1. The molecule has 2 N–H and O–H groups in total. The Morgan fingerprint density at radius 1 is 0.966 bits per heavy atom. The lowest BCUT2D eigenvalue weighted by Gasteiger charge is -2.18. The first-order valence-corrected chi connectivity index (χ1v) is 9.81. The lowest BCUT2D eigenvalue weighted by atomic mass is 10.2. The van der Waals surface area contributed by atoms with Crippen molar-refractivity contribution < 1.29 is 14.3 Å². The SMILES string of the molecule is COc1cccc(NC(=O)CN(C)CC(=O)Nc2ccc(N3CCCC3)cc2)c1. The minimum atomic E-state index is -0.191. The van der Waals surface area contributed by atoms with E-state index in [2.05, 4.69) is 15.5 Å². The van der Waals surface area contributed by atoms with Crippen LogP contribution >= 0.6 is 0 Å². The van der Waals surface area contributed by atoms with Gasteiger partial charge < -0.3 is 20.3 Å². The number of rotatable bonds is 8. The van der Waals surface area contributed by atoms with Crippen LogP contribution in [0.4, 0.5) is 17.1 Å². The van der Waals surface area contributed by atoms with Gasteiger partial charge >= 0.3 is 0 Å². The first-order valence-electron chi connectivity index (χ1n) is 9.81. The van der Waals surface area contributed by atoms with E-state index in [1.54, 1.807) is 37.3 Å². The highest BCUT2D eigenvalue weighted by atomic mass is 16.5. The van der Waals surface area contributed by atoms with Crippen molar-refractivity contribution in [2.75, 3.05) is 55.9 Å². The van der Waals surface area contributed by atoms with Gasteiger partial charge in [0.15, 0.2) is 0 Å². The summed E-state index contributed by atoms with van der Waals surface area (Å²) >= 11 is 0. The van der Waals surface area contributed by atoms with Gasteiger partial charge in [-0.2, -0.15) is 0 Å². The number of amides is 2. The van der Waals surface area contributed by atoms with Crippen LogP contribution in [0.5, 0.6) is 5.75 Å². The van der Waals surface area contributed by atoms with Gasteiger partial charge in [0.25, 0.3) is 0 Å². The van der Waals surface area contributed by atoms with E-state index in [1.807, 2.05) is 30.3 Å². The number of nitrogens with one attached hydrogen (secondary N) is 2. The molecule has 0 spiro atoms. The molecular weight excluding hydrogens is 368 g/mol. The largest absolute Gasteiger partial charge is 0.497 e. The van der Waals surface area contributed by atoms with Gasteiger partial charge in [0.05, 0.1) is 20.2 Å². The minimum Gasteiger partial charge on any atom is -0.497 e. The van der Waals surface area contributed by atoms with E-state index in [9.17, 15) is 9.59 Å². The highest BCUT2D eigenvalue weighted by Gasteiger charge is 2.13. The van der Waals surface area contributed by atoms with Crippen molar-refractivity contribution in [3.05, 3.63) is 48.5 Å². The summed E-state index contributed by atoms with van der Waals surface area (Å²) in [7, 11) is 3.31. The summed E-state index contributed by atoms with van der Waals surface area (Å²) < 4.78 is 5.15. The van der Waals surface area contributed by atoms with Crippen molar-refractivity contribution in [1.29, 1.82) is 0 Å². The van der Waals surface area contributed by atoms with Crippen LogP contribution in [0.25, 0.3) is 0 Å². The Morgan fingerprint density at radius 3 is 2.21 bits per heavy atom. The van der Waals surface area contributed by atoms with Crippen LogP contribution in [0, 0.1) is 0 Å². The Balaban J connectivity index is 1.44. The fourth-order valence-corrected chi connectivity index (χ4v) is 3.38. The van der Waals surface area contributed by atoms with E-state index in [-0.39, 0.29) is 24.9 Å². The fourth-order valence-electron chi connectivity index (χ4n) is 3.38. The van der Waals surface area contributed by atoms with E-state index >= 15 is 0 Å². The molecule has 1 saturated heterocycles. The first-order chi connectivity index (χ1) is 14.0. The second-order valence-electron chi connectivity index (χ2n) is 7.24. The van der Waals surface area contributed by atoms with Crippen molar-refractivity contribution >= 4 is 28.9 Å². The Morgan fingerprint density at radius 2 is 1.59 bits per heavy atom. The lowest BCUT2D eigenvalue weighted by Crippen LogP contribution is -2.36. The van der Waals surface area contributed by atoms with Gasteiger partial charge in [0, 0.05) is 36.2 Å². The fraction of sp³-hybridized carbons (Fsp3) is 0.364. The quantitative estimate of drug-likeness (QED) is 0.718. The molecule has 29 heavy (non-hydrogen) atoms. The molecule has 3 rings (SSSR count). The van der Waals surface area contributed by atoms with Crippen molar-refractivity contribution in [2.45, 2.75) is 12.8 Å². The predicted octanol–water partition coefficient (Wildman–Crippen LogP) is 2.80. The zero-order chi connectivity index (χ0) is 20.6. The van der Waals surface area contributed by atoms with Crippen LogP contribution in [0.1, 0.15) is 12.8 Å². The molecule has 7 nitrogen and oxygen atoms in total. The molecule has 0 atom stereocenters. The molecule has 0 radical (unpaired) electrons. The van der Waals surface area contributed by atoms with Gasteiger partial charge in [-0.3, -0.25) is 14.5 Å². The maximum absolute atomic E-state index is 12.3. The smallest absolute Gasteiger partial charge is 0.238 e. The van der Waals surface area contributed by atoms with Crippen molar-refractivity contribution in [1.82, 2.24) is 4.90 Å². The molecule has 2 amide bonds. The summed E-state index contributed by atoms with van der Waals surface area (Å²) in [6.07, 6.45) is 2.46. The van der Waals surface area contributed by atoms with E-state index < -0.39 is 0 Å². The molecule has 0 saturated carbocycles. The van der Waals surface area contributed by atoms with Gasteiger partial charge in [-0.15, -0.1) is 0 Å². The third kappa shape index (κ3) is 6.22. The molecule has 7 heteroatoms. The monoisotopic (exact) mass is 396 g/mol. The average molecular weight is 396 g/mol. The number of likely N-dealkylation sites (N-methyl/N-ethyl adjacent to an activating group) is 1. The van der Waals surface area contributed by atoms with Gasteiger partial charge in [0.2, 0.25) is 11.8 Å². The molecule has 1 heterocycles. The highest BCUT2D eigenvalue weighted by molar-refractivity contribution is 5.94. The number of benzene rings is 2. The van der Waals surface area contributed by atoms with Crippen molar-refractivity contribution in [3.8, 4) is 5.75 Å². The van der Waals surface area contributed by atoms with Crippen LogP contribution in [0.2, 0.25) is 0 Å². The standard InChI is InChI=1S/C22H28N4O3/c1-25(16-22(28)24-18-6-5-7-20(14-18)29-2)15-21(27)23-17-8-10-19(11-9-17)26-12-3-4-13-26/h5-11,14H,3-4,12-13,15-16H2,1-2H3,(H,23,27)(H,24,28). The molecular formula is C22H28N4O3. The van der Waals surface area contributed by atoms with Crippen LogP contribution in [-0.2, 0) is 9.59 Å². The average Bonchev–Trinajstić information content (AvgIpc) is 3.23. The van der Waals surface area contributed by atoms with Crippen LogP contribution in [0.3, 0.4) is 0 Å². The third-order valence-electron chi connectivity index (χ3n) is 4.80. The molecule has 1 fully saturated rings. The van der Waals surface area contributed by atoms with E-state index in [4.69, 9.17) is 4.74 Å². The summed E-state index contributed by atoms with van der Waals surface area (Å²) in [6, 6.07) is 15.1. The van der Waals surface area contributed by atoms with Crippen molar-refractivity contribution in [2.24, 2.45) is 0 Å². The van der Waals surface area contributed by atoms with Crippen LogP contribution in [-0.4, -0.2) is 57.1 Å². The Hall–Kier alpha value is -3.06. The van der Waals surface area contributed by atoms with Gasteiger partial charge in [0.1, 0.15) is 5.75 Å². The summed E-state index contributed by atoms with van der Waals surface area (Å²) in [5, 5.41) is 5.69. The second-order valence-corrected chi connectivity index (χ2v) is 7.24. The second kappa shape index (κ2) is 9.93. The van der Waals surface area contributed by atoms with Gasteiger partial charge in [-0.1, -0.05) is 6.07 Å². The number of nitrogens with zero attached hydrogens (tertiary/aromatic N) is 2. The third-order valence-corrected chi connectivity index (χ3v) is 4.80. The minimum absolute atomic E-state index is 0.110. The molecule has 0 aromatic heterocycles. The predicted molar refractivity (Wildman–Crippen MR) is 116 cm³/mol. The molecule has 2 aromatic rings. The molecule has 0 aliphatic carbocycles. The van der Waals surface area contributed by atoms with E-state index in [1.165, 1.54) is 18.5 Å². The van der Waals surface area contributed by atoms with E-state index in [0.717, 1.165) is 18.8 Å². The van der Waals surface area contributed by atoms with Crippen LogP contribution in [0.15, 0.2) is 48.5 Å². The molecule has 0 bridgehead atoms. The molecule has 0 unspecified atom stereocenters. The number of hydrogen-bond acceptors (Lipinski definition) is 5. The van der Waals surface area contributed by atoms with E-state index in [0.29, 0.717) is 11.4 Å². The molecule has 154 valence electrons. The highest BCUT2D eigenvalue weighted by Crippen LogP contribution is 2.22. The zero-order valence-corrected chi connectivity index (χ0v) is 17.0. The van der Waals surface area contributed by atoms with Crippen LogP contribution < -0.4 is 20.3 Å². The summed E-state index contributed by atoms with van der Waals surface area (Å²) in [4.78, 5) is 28.5. The lowest BCUT2D eigenvalue weighted by molar-refractivity contribution is -0.119. The number of carbonyl (C=O) groups is 2. The zero-order valence-electron chi connectivity index (χ0n) is 17.0. The maximum atomic E-state index is 12.3. The number of anilines is 3. The maximum Gasteiger partial charge on any atom is 0.238 e. The summed E-state index contributed by atoms with van der Waals surface area (Å²) in [5.41, 5.74) is 2.60. The number of carbonyl (C=O) groups excluding carboxylic acids is 2. The number of ether oxygens (including phenoxy) is 1. The summed E-state index contributed by atoms with van der Waals surface area (Å²) in [6.45, 7) is 2.42. The topological polar surface area (TPSA) is 73.9 Å². The first kappa shape index (κ1) is 20.7. The molecule has 2 aromatic carbocycles. The Bertz CT molecular complexity index is 832. The van der Waals surface area contributed by atoms with Gasteiger partial charge in [-0.25, -0.2) is 0 Å². The summed E-state index contributed by atoms with van der Waals surface area (Å²) in [5.74, 6) is 0.324. The molecule has 1 aliphatic rings. The van der Waals surface area contributed by atoms with Gasteiger partial charge in [-0.05, 0) is 56.3 Å². The molecule has 1 aliphatic heterocycles. The number of hydrogen-bond donors (Lipinski definition) is 2. The Kier molecular flexibility index (Phi) is 7.08. The Labute approximate surface area is 171 Å². The normalized spacial score (nSPS) is 13.4. The van der Waals surface area contributed by atoms with Crippen molar-refractivity contribution in [3.63, 3.8) is 0 Å².